The molecular weight excluding hydrogens is 178 g/mol. The minimum absolute atomic E-state index is 0.0624. The molecule has 0 saturated carbocycles. The van der Waals surface area contributed by atoms with Crippen molar-refractivity contribution in [3.63, 3.8) is 0 Å². The van der Waals surface area contributed by atoms with Gasteiger partial charge in [0, 0.05) is 30.4 Å². The third-order valence-corrected chi connectivity index (χ3v) is 2.34. The number of pyridine rings is 1. The molecule has 2 aromatic rings. The summed E-state index contributed by atoms with van der Waals surface area (Å²) in [7, 11) is 0. The van der Waals surface area contributed by atoms with E-state index in [1.165, 1.54) is 0 Å². The van der Waals surface area contributed by atoms with Crippen molar-refractivity contribution in [3.05, 3.63) is 42.5 Å². The second-order valence-electron chi connectivity index (χ2n) is 3.26. The van der Waals surface area contributed by atoms with Gasteiger partial charge in [-0.15, -0.1) is 0 Å². The highest BCUT2D eigenvalue weighted by atomic mass is 16.5. The van der Waals surface area contributed by atoms with E-state index in [1.54, 1.807) is 12.4 Å². The molecule has 0 aliphatic carbocycles. The van der Waals surface area contributed by atoms with Crippen LogP contribution in [0.25, 0.3) is 0 Å². The first-order valence-electron chi connectivity index (χ1n) is 4.51. The predicted octanol–water partition coefficient (Wildman–Crippen LogP) is 1.41. The summed E-state index contributed by atoms with van der Waals surface area (Å²) >= 11 is 0. The topological polar surface area (TPSA) is 39.9 Å². The summed E-state index contributed by atoms with van der Waals surface area (Å²) in [6, 6.07) is 4.63. The number of rotatable bonds is 1. The van der Waals surface area contributed by atoms with Gasteiger partial charge in [0.25, 0.3) is 6.01 Å². The van der Waals surface area contributed by atoms with Gasteiger partial charge in [-0.1, -0.05) is 6.07 Å². The lowest BCUT2D eigenvalue weighted by Crippen LogP contribution is -2.04. The van der Waals surface area contributed by atoms with Crippen molar-refractivity contribution >= 4 is 0 Å². The molecule has 1 aliphatic rings. The highest BCUT2D eigenvalue weighted by Crippen LogP contribution is 2.28. The van der Waals surface area contributed by atoms with Crippen LogP contribution in [0.1, 0.15) is 11.7 Å². The number of imidazole rings is 1. The molecule has 0 spiro atoms. The zero-order valence-corrected chi connectivity index (χ0v) is 7.50. The number of ether oxygens (including phenoxy) is 1. The maximum Gasteiger partial charge on any atom is 0.297 e. The fourth-order valence-corrected chi connectivity index (χ4v) is 1.64. The van der Waals surface area contributed by atoms with E-state index in [9.17, 15) is 0 Å². The van der Waals surface area contributed by atoms with E-state index in [1.807, 2.05) is 29.1 Å². The fourth-order valence-electron chi connectivity index (χ4n) is 1.64. The Morgan fingerprint density at radius 3 is 3.21 bits per heavy atom. The van der Waals surface area contributed by atoms with Gasteiger partial charge in [-0.25, -0.2) is 4.98 Å². The minimum Gasteiger partial charge on any atom is -0.454 e. The van der Waals surface area contributed by atoms with Gasteiger partial charge in [0.15, 0.2) is 0 Å². The molecule has 2 aromatic heterocycles. The van der Waals surface area contributed by atoms with E-state index < -0.39 is 0 Å². The van der Waals surface area contributed by atoms with Gasteiger partial charge in [0.2, 0.25) is 0 Å². The van der Waals surface area contributed by atoms with Crippen molar-refractivity contribution in [3.8, 4) is 6.01 Å². The molecule has 1 atom stereocenters. The predicted molar refractivity (Wildman–Crippen MR) is 49.8 cm³/mol. The zero-order chi connectivity index (χ0) is 9.38. The normalized spacial score (nSPS) is 19.0. The number of aromatic nitrogens is 3. The molecule has 4 nitrogen and oxygen atoms in total. The number of nitrogens with zero attached hydrogens (tertiary/aromatic N) is 3. The monoisotopic (exact) mass is 187 g/mol. The maximum atomic E-state index is 5.64. The lowest BCUT2D eigenvalue weighted by atomic mass is 10.2. The van der Waals surface area contributed by atoms with Crippen molar-refractivity contribution in [2.45, 2.75) is 12.6 Å². The van der Waals surface area contributed by atoms with Crippen LogP contribution in [0.4, 0.5) is 0 Å². The van der Waals surface area contributed by atoms with E-state index in [-0.39, 0.29) is 6.10 Å². The van der Waals surface area contributed by atoms with Crippen molar-refractivity contribution < 1.29 is 4.74 Å². The first-order chi connectivity index (χ1) is 6.93. The summed E-state index contributed by atoms with van der Waals surface area (Å²) in [4.78, 5) is 8.16. The molecular formula is C10H9N3O. The van der Waals surface area contributed by atoms with Gasteiger partial charge < -0.3 is 4.74 Å². The lowest BCUT2D eigenvalue weighted by Gasteiger charge is -2.07. The van der Waals surface area contributed by atoms with Gasteiger partial charge in [0.1, 0.15) is 6.10 Å². The molecule has 14 heavy (non-hydrogen) atoms. The number of fused-ring (bicyclic) bond motifs is 1. The Morgan fingerprint density at radius 2 is 2.43 bits per heavy atom. The highest BCUT2D eigenvalue weighted by Gasteiger charge is 2.24. The van der Waals surface area contributed by atoms with Crippen LogP contribution in [0, 0.1) is 0 Å². The first-order valence-corrected chi connectivity index (χ1v) is 4.51. The smallest absolute Gasteiger partial charge is 0.297 e. The van der Waals surface area contributed by atoms with Crippen molar-refractivity contribution in [1.82, 2.24) is 14.5 Å². The number of hydrogen-bond donors (Lipinski definition) is 0. The molecule has 70 valence electrons. The molecule has 0 fully saturated rings. The summed E-state index contributed by atoms with van der Waals surface area (Å²) in [5.74, 6) is 0. The molecule has 1 aliphatic heterocycles. The Morgan fingerprint density at radius 1 is 1.43 bits per heavy atom. The van der Waals surface area contributed by atoms with Crippen molar-refractivity contribution in [2.24, 2.45) is 0 Å². The fraction of sp³-hybridized carbons (Fsp3) is 0.200. The number of hydrogen-bond acceptors (Lipinski definition) is 3. The summed E-state index contributed by atoms with van der Waals surface area (Å²) < 4.78 is 7.64. The molecule has 0 amide bonds. The van der Waals surface area contributed by atoms with Gasteiger partial charge in [-0.05, 0) is 6.07 Å². The van der Waals surface area contributed by atoms with Gasteiger partial charge in [0.05, 0.1) is 6.54 Å². The van der Waals surface area contributed by atoms with Crippen LogP contribution >= 0.6 is 0 Å². The molecule has 0 bridgehead atoms. The molecule has 0 aromatic carbocycles. The Balaban J connectivity index is 1.89. The van der Waals surface area contributed by atoms with E-state index in [2.05, 4.69) is 9.97 Å². The third kappa shape index (κ3) is 1.08. The second-order valence-corrected chi connectivity index (χ2v) is 3.26. The average Bonchev–Trinajstić information content (AvgIpc) is 2.78. The Kier molecular flexibility index (Phi) is 1.53. The van der Waals surface area contributed by atoms with Crippen molar-refractivity contribution in [1.29, 1.82) is 0 Å². The third-order valence-electron chi connectivity index (χ3n) is 2.34. The molecule has 1 unspecified atom stereocenters. The quantitative estimate of drug-likeness (QED) is 0.677. The Bertz CT molecular complexity index is 417. The molecule has 3 rings (SSSR count). The summed E-state index contributed by atoms with van der Waals surface area (Å²) in [5, 5.41) is 0. The molecule has 3 heterocycles. The van der Waals surface area contributed by atoms with E-state index in [4.69, 9.17) is 4.74 Å². The Labute approximate surface area is 81.2 Å². The van der Waals surface area contributed by atoms with E-state index >= 15 is 0 Å². The van der Waals surface area contributed by atoms with Crippen LogP contribution in [-0.4, -0.2) is 14.5 Å². The second kappa shape index (κ2) is 2.83. The lowest BCUT2D eigenvalue weighted by molar-refractivity contribution is 0.229. The van der Waals surface area contributed by atoms with Crippen molar-refractivity contribution in [2.75, 3.05) is 0 Å². The van der Waals surface area contributed by atoms with Crippen LogP contribution in [0.5, 0.6) is 6.01 Å². The summed E-state index contributed by atoms with van der Waals surface area (Å²) in [6.45, 7) is 0.820. The Hall–Kier alpha value is -1.84. The van der Waals surface area contributed by atoms with Crippen LogP contribution in [0.15, 0.2) is 36.9 Å². The SMILES string of the molecule is c1cncc(C2Cn3ccnc3O2)c1. The first kappa shape index (κ1) is 7.55. The van der Waals surface area contributed by atoms with Gasteiger partial charge in [-0.3, -0.25) is 9.55 Å². The molecule has 4 heteroatoms. The van der Waals surface area contributed by atoms with Crippen LogP contribution < -0.4 is 4.74 Å². The van der Waals surface area contributed by atoms with E-state index in [0.717, 1.165) is 12.1 Å². The summed E-state index contributed by atoms with van der Waals surface area (Å²) in [6.07, 6.45) is 7.32. The largest absolute Gasteiger partial charge is 0.454 e. The molecule has 0 saturated heterocycles. The van der Waals surface area contributed by atoms with Crippen LogP contribution in [0.2, 0.25) is 0 Å². The highest BCUT2D eigenvalue weighted by molar-refractivity contribution is 5.17. The summed E-state index contributed by atoms with van der Waals surface area (Å²) in [5.41, 5.74) is 1.10. The standard InChI is InChI=1S/C10H9N3O/c1-2-8(6-11-3-1)9-7-13-5-4-12-10(13)14-9/h1-6,9H,7H2. The zero-order valence-electron chi connectivity index (χ0n) is 7.50. The van der Waals surface area contributed by atoms with E-state index in [0.29, 0.717) is 6.01 Å². The average molecular weight is 187 g/mol. The van der Waals surface area contributed by atoms with Crippen LogP contribution in [-0.2, 0) is 6.54 Å². The molecule has 0 N–H and O–H groups in total. The van der Waals surface area contributed by atoms with Gasteiger partial charge >= 0.3 is 0 Å². The minimum atomic E-state index is 0.0624. The van der Waals surface area contributed by atoms with Crippen LogP contribution in [0.3, 0.4) is 0 Å². The molecule has 0 radical (unpaired) electrons. The maximum absolute atomic E-state index is 5.64. The van der Waals surface area contributed by atoms with Gasteiger partial charge in [-0.2, -0.15) is 0 Å².